The molecule has 5 nitrogen and oxygen atoms in total. The van der Waals surface area contributed by atoms with Crippen molar-refractivity contribution in [3.63, 3.8) is 0 Å². The molecule has 1 aliphatic carbocycles. The summed E-state index contributed by atoms with van der Waals surface area (Å²) in [6.07, 6.45) is 1.60. The highest BCUT2D eigenvalue weighted by Crippen LogP contribution is 2.25. The summed E-state index contributed by atoms with van der Waals surface area (Å²) in [5.41, 5.74) is 0. The van der Waals surface area contributed by atoms with E-state index in [4.69, 9.17) is 0 Å². The van der Waals surface area contributed by atoms with Crippen molar-refractivity contribution < 1.29 is 18.6 Å². The van der Waals surface area contributed by atoms with E-state index in [2.05, 4.69) is 5.32 Å². The van der Waals surface area contributed by atoms with Gasteiger partial charge in [-0.25, -0.2) is 8.42 Å². The highest BCUT2D eigenvalue weighted by molar-refractivity contribution is 7.91. The Hall–Kier alpha value is -0.170. The summed E-state index contributed by atoms with van der Waals surface area (Å²) in [7, 11) is -3.06. The number of nitrogens with one attached hydrogen (secondary N) is 1. The third-order valence-corrected chi connectivity index (χ3v) is 5.22. The van der Waals surface area contributed by atoms with Crippen LogP contribution in [-0.4, -0.2) is 54.9 Å². The molecule has 1 saturated carbocycles. The Morgan fingerprint density at radius 1 is 1.19 bits per heavy atom. The molecule has 1 aliphatic heterocycles. The van der Waals surface area contributed by atoms with Crippen LogP contribution in [0.2, 0.25) is 0 Å². The summed E-state index contributed by atoms with van der Waals surface area (Å²) in [6.45, 7) is 0.689. The molecule has 0 aromatic heterocycles. The lowest BCUT2D eigenvalue weighted by molar-refractivity contribution is 0.159. The first-order valence-corrected chi connectivity index (χ1v) is 7.58. The zero-order valence-electron chi connectivity index (χ0n) is 9.17. The lowest BCUT2D eigenvalue weighted by atomic mass is 10.1. The zero-order valence-corrected chi connectivity index (χ0v) is 9.99. The molecule has 1 heterocycles. The summed E-state index contributed by atoms with van der Waals surface area (Å²) >= 11 is 0. The molecular formula is C10H19NO4S. The molecular weight excluding hydrogens is 230 g/mol. The summed E-state index contributed by atoms with van der Waals surface area (Å²) in [5.74, 6) is 0.312. The molecule has 0 spiro atoms. The third-order valence-electron chi connectivity index (χ3n) is 3.50. The minimum Gasteiger partial charge on any atom is -0.393 e. The van der Waals surface area contributed by atoms with Gasteiger partial charge >= 0.3 is 0 Å². The lowest BCUT2D eigenvalue weighted by Crippen LogP contribution is -2.41. The fourth-order valence-corrected chi connectivity index (χ4v) is 4.35. The Morgan fingerprint density at radius 2 is 1.94 bits per heavy atom. The predicted molar refractivity (Wildman–Crippen MR) is 59.8 cm³/mol. The first-order valence-electron chi connectivity index (χ1n) is 5.76. The second-order valence-corrected chi connectivity index (χ2v) is 7.15. The van der Waals surface area contributed by atoms with Crippen molar-refractivity contribution in [2.24, 2.45) is 5.92 Å². The Bertz CT molecular complexity index is 343. The SMILES string of the molecule is O=S1(=O)CC(O)C(NCC2CCC(O)C2)C1. The second-order valence-electron chi connectivity index (χ2n) is 4.99. The van der Waals surface area contributed by atoms with Crippen LogP contribution >= 0.6 is 0 Å². The Kier molecular flexibility index (Phi) is 3.53. The quantitative estimate of drug-likeness (QED) is 0.591. The molecule has 0 amide bonds. The smallest absolute Gasteiger partial charge is 0.154 e. The molecule has 6 heteroatoms. The summed E-state index contributed by atoms with van der Waals surface area (Å²) in [4.78, 5) is 0. The number of aliphatic hydroxyl groups is 2. The van der Waals surface area contributed by atoms with Crippen molar-refractivity contribution in [3.8, 4) is 0 Å². The number of hydrogen-bond acceptors (Lipinski definition) is 5. The van der Waals surface area contributed by atoms with Crippen LogP contribution in [0, 0.1) is 5.92 Å². The first kappa shape index (κ1) is 12.3. The normalized spacial score (nSPS) is 42.6. The highest BCUT2D eigenvalue weighted by atomic mass is 32.2. The van der Waals surface area contributed by atoms with Crippen LogP contribution in [0.15, 0.2) is 0 Å². The Labute approximate surface area is 95.8 Å². The molecule has 3 N–H and O–H groups in total. The van der Waals surface area contributed by atoms with Crippen molar-refractivity contribution in [2.45, 2.75) is 37.5 Å². The molecule has 0 aromatic carbocycles. The maximum atomic E-state index is 11.3. The van der Waals surface area contributed by atoms with E-state index in [1.165, 1.54) is 0 Å². The monoisotopic (exact) mass is 249 g/mol. The lowest BCUT2D eigenvalue weighted by Gasteiger charge is -2.17. The van der Waals surface area contributed by atoms with E-state index in [0.717, 1.165) is 19.3 Å². The molecule has 4 atom stereocenters. The molecule has 16 heavy (non-hydrogen) atoms. The van der Waals surface area contributed by atoms with Crippen molar-refractivity contribution in [1.82, 2.24) is 5.32 Å². The van der Waals surface area contributed by atoms with E-state index in [9.17, 15) is 18.6 Å². The van der Waals surface area contributed by atoms with Crippen LogP contribution in [0.4, 0.5) is 0 Å². The van der Waals surface area contributed by atoms with Gasteiger partial charge in [0.25, 0.3) is 0 Å². The maximum absolute atomic E-state index is 11.3. The number of hydrogen-bond donors (Lipinski definition) is 3. The van der Waals surface area contributed by atoms with Crippen LogP contribution in [-0.2, 0) is 9.84 Å². The molecule has 0 aromatic rings. The van der Waals surface area contributed by atoms with Crippen molar-refractivity contribution in [2.75, 3.05) is 18.1 Å². The molecule has 2 fully saturated rings. The third kappa shape index (κ3) is 2.94. The molecule has 0 bridgehead atoms. The summed E-state index contributed by atoms with van der Waals surface area (Å²) in [5, 5.41) is 22.0. The van der Waals surface area contributed by atoms with Crippen LogP contribution in [0.5, 0.6) is 0 Å². The van der Waals surface area contributed by atoms with Crippen molar-refractivity contribution in [3.05, 3.63) is 0 Å². The van der Waals surface area contributed by atoms with Gasteiger partial charge in [0.05, 0.1) is 23.7 Å². The van der Waals surface area contributed by atoms with Crippen LogP contribution < -0.4 is 5.32 Å². The Balaban J connectivity index is 1.78. The fraction of sp³-hybridized carbons (Fsp3) is 1.00. The fourth-order valence-electron chi connectivity index (χ4n) is 2.58. The zero-order chi connectivity index (χ0) is 11.8. The summed E-state index contributed by atoms with van der Waals surface area (Å²) in [6, 6.07) is -0.331. The second kappa shape index (κ2) is 4.60. The molecule has 2 aliphatic rings. The van der Waals surface area contributed by atoms with Gasteiger partial charge in [-0.2, -0.15) is 0 Å². The van der Waals surface area contributed by atoms with Crippen molar-refractivity contribution >= 4 is 9.84 Å². The number of aliphatic hydroxyl groups excluding tert-OH is 2. The van der Waals surface area contributed by atoms with Gasteiger partial charge in [0, 0.05) is 6.04 Å². The van der Waals surface area contributed by atoms with Gasteiger partial charge in [-0.05, 0) is 31.7 Å². The van der Waals surface area contributed by atoms with E-state index in [-0.39, 0.29) is 23.7 Å². The van der Waals surface area contributed by atoms with Gasteiger partial charge in [0.2, 0.25) is 0 Å². The Morgan fingerprint density at radius 3 is 2.44 bits per heavy atom. The van der Waals surface area contributed by atoms with Gasteiger partial charge < -0.3 is 15.5 Å². The van der Waals surface area contributed by atoms with Crippen molar-refractivity contribution in [1.29, 1.82) is 0 Å². The van der Waals surface area contributed by atoms with E-state index in [0.29, 0.717) is 12.5 Å². The highest BCUT2D eigenvalue weighted by Gasteiger charge is 2.36. The molecule has 0 radical (unpaired) electrons. The molecule has 2 rings (SSSR count). The standard InChI is InChI=1S/C10H19NO4S/c12-8-2-1-7(3-8)4-11-9-5-16(14,15)6-10(9)13/h7-13H,1-6H2. The topological polar surface area (TPSA) is 86.6 Å². The maximum Gasteiger partial charge on any atom is 0.154 e. The molecule has 94 valence electrons. The van der Waals surface area contributed by atoms with E-state index < -0.39 is 15.9 Å². The van der Waals surface area contributed by atoms with Crippen LogP contribution in [0.3, 0.4) is 0 Å². The molecule has 4 unspecified atom stereocenters. The largest absolute Gasteiger partial charge is 0.393 e. The average molecular weight is 249 g/mol. The number of sulfone groups is 1. The van der Waals surface area contributed by atoms with E-state index >= 15 is 0 Å². The van der Waals surface area contributed by atoms with E-state index in [1.54, 1.807) is 0 Å². The van der Waals surface area contributed by atoms with Gasteiger partial charge in [-0.15, -0.1) is 0 Å². The minimum atomic E-state index is -3.06. The van der Waals surface area contributed by atoms with Gasteiger partial charge in [0.15, 0.2) is 9.84 Å². The van der Waals surface area contributed by atoms with Gasteiger partial charge in [-0.1, -0.05) is 0 Å². The minimum absolute atomic E-state index is 0.0312. The van der Waals surface area contributed by atoms with Gasteiger partial charge in [-0.3, -0.25) is 0 Å². The molecule has 1 saturated heterocycles. The van der Waals surface area contributed by atoms with Gasteiger partial charge in [0.1, 0.15) is 0 Å². The average Bonchev–Trinajstić information content (AvgIpc) is 2.67. The predicted octanol–water partition coefficient (Wildman–Crippen LogP) is -1.11. The van der Waals surface area contributed by atoms with Crippen LogP contribution in [0.25, 0.3) is 0 Å². The van der Waals surface area contributed by atoms with Crippen LogP contribution in [0.1, 0.15) is 19.3 Å². The first-order chi connectivity index (χ1) is 7.46. The summed E-state index contributed by atoms with van der Waals surface area (Å²) < 4.78 is 22.5. The number of rotatable bonds is 3. The van der Waals surface area contributed by atoms with E-state index in [1.807, 2.05) is 0 Å².